The van der Waals surface area contributed by atoms with Gasteiger partial charge in [0, 0.05) is 9.99 Å². The van der Waals surface area contributed by atoms with Crippen LogP contribution in [0.3, 0.4) is 0 Å². The predicted octanol–water partition coefficient (Wildman–Crippen LogP) is 3.52. The molecule has 0 fully saturated rings. The van der Waals surface area contributed by atoms with Crippen molar-refractivity contribution < 1.29 is 19.4 Å². The Hall–Kier alpha value is -2.09. The van der Waals surface area contributed by atoms with Crippen molar-refractivity contribution in [3.63, 3.8) is 0 Å². The molecule has 0 heterocycles. The molecule has 0 spiro atoms. The van der Waals surface area contributed by atoms with E-state index in [1.54, 1.807) is 0 Å². The summed E-state index contributed by atoms with van der Waals surface area (Å²) in [7, 11) is 0. The average Bonchev–Trinajstić information content (AvgIpc) is 2.56. The molecule has 0 bridgehead atoms. The number of ether oxygens (including phenoxy) is 1. The molecule has 0 saturated carbocycles. The number of carboxylic acid groups (broad SMARTS) is 1. The quantitative estimate of drug-likeness (QED) is 0.676. The number of aliphatic carboxylic acids is 1. The van der Waals surface area contributed by atoms with Gasteiger partial charge in [-0.15, -0.1) is 0 Å². The van der Waals surface area contributed by atoms with Gasteiger partial charge in [-0.25, -0.2) is 9.59 Å². The molecule has 0 aliphatic rings. The van der Waals surface area contributed by atoms with Crippen molar-refractivity contribution in [1.82, 2.24) is 5.32 Å². The first-order valence-electron chi connectivity index (χ1n) is 7.41. The lowest BCUT2D eigenvalue weighted by atomic mass is 10.0. The Bertz CT molecular complexity index is 718. The second-order valence-electron chi connectivity index (χ2n) is 5.37. The van der Waals surface area contributed by atoms with E-state index < -0.39 is 18.1 Å². The maximum absolute atomic E-state index is 11.9. The highest BCUT2D eigenvalue weighted by atomic mass is 127. The summed E-state index contributed by atoms with van der Waals surface area (Å²) in [4.78, 5) is 23.3. The summed E-state index contributed by atoms with van der Waals surface area (Å²) in [6, 6.07) is 14.0. The van der Waals surface area contributed by atoms with Crippen LogP contribution in [-0.2, 0) is 22.6 Å². The van der Waals surface area contributed by atoms with Gasteiger partial charge in [-0.2, -0.15) is 0 Å². The van der Waals surface area contributed by atoms with Crippen molar-refractivity contribution >= 4 is 34.7 Å². The molecule has 1 unspecified atom stereocenters. The zero-order chi connectivity index (χ0) is 17.5. The molecule has 5 nitrogen and oxygen atoms in total. The minimum absolute atomic E-state index is 0.0985. The number of aryl methyl sites for hydroxylation is 1. The van der Waals surface area contributed by atoms with Crippen molar-refractivity contribution in [1.29, 1.82) is 0 Å². The number of alkyl carbamates (subject to hydrolysis) is 1. The maximum Gasteiger partial charge on any atom is 0.408 e. The Morgan fingerprint density at radius 1 is 1.21 bits per heavy atom. The second kappa shape index (κ2) is 8.68. The minimum Gasteiger partial charge on any atom is -0.480 e. The molecule has 2 rings (SSSR count). The van der Waals surface area contributed by atoms with Gasteiger partial charge in [0.1, 0.15) is 12.6 Å². The van der Waals surface area contributed by atoms with Crippen LogP contribution in [0, 0.1) is 10.5 Å². The molecule has 2 aromatic carbocycles. The van der Waals surface area contributed by atoms with Crippen molar-refractivity contribution in [3.05, 3.63) is 68.8 Å². The van der Waals surface area contributed by atoms with Gasteiger partial charge in [0.05, 0.1) is 0 Å². The Morgan fingerprint density at radius 2 is 1.92 bits per heavy atom. The predicted molar refractivity (Wildman–Crippen MR) is 98.8 cm³/mol. The molecule has 6 heteroatoms. The first-order chi connectivity index (χ1) is 11.5. The van der Waals surface area contributed by atoms with Gasteiger partial charge >= 0.3 is 12.1 Å². The van der Waals surface area contributed by atoms with E-state index >= 15 is 0 Å². The summed E-state index contributed by atoms with van der Waals surface area (Å²) in [5.74, 6) is -1.09. The van der Waals surface area contributed by atoms with Gasteiger partial charge in [-0.3, -0.25) is 0 Å². The topological polar surface area (TPSA) is 75.6 Å². The molecule has 0 saturated heterocycles. The third kappa shape index (κ3) is 5.52. The highest BCUT2D eigenvalue weighted by Gasteiger charge is 2.22. The molecule has 0 radical (unpaired) electrons. The minimum atomic E-state index is -1.09. The van der Waals surface area contributed by atoms with E-state index in [0.717, 1.165) is 20.3 Å². The van der Waals surface area contributed by atoms with Crippen molar-refractivity contribution in [2.24, 2.45) is 0 Å². The Kier molecular flexibility index (Phi) is 6.60. The monoisotopic (exact) mass is 439 g/mol. The number of nitrogens with one attached hydrogen (secondary N) is 1. The first-order valence-corrected chi connectivity index (χ1v) is 8.48. The zero-order valence-corrected chi connectivity index (χ0v) is 15.3. The summed E-state index contributed by atoms with van der Waals surface area (Å²) in [6.45, 7) is 2.01. The first kappa shape index (κ1) is 18.3. The highest BCUT2D eigenvalue weighted by molar-refractivity contribution is 14.1. The molecule has 1 atom stereocenters. The fourth-order valence-corrected chi connectivity index (χ4v) is 2.74. The van der Waals surface area contributed by atoms with Gasteiger partial charge in [-0.05, 0) is 58.3 Å². The molecule has 0 aliphatic heterocycles. The van der Waals surface area contributed by atoms with Crippen LogP contribution >= 0.6 is 22.6 Å². The van der Waals surface area contributed by atoms with E-state index in [1.165, 1.54) is 0 Å². The SMILES string of the molecule is Cc1ccc(I)cc1CC(NC(=O)OCc1ccccc1)C(=O)O. The van der Waals surface area contributed by atoms with Gasteiger partial charge in [0.25, 0.3) is 0 Å². The molecule has 24 heavy (non-hydrogen) atoms. The third-order valence-corrected chi connectivity index (χ3v) is 4.21. The van der Waals surface area contributed by atoms with Crippen molar-refractivity contribution in [2.75, 3.05) is 0 Å². The molecule has 0 aromatic heterocycles. The third-order valence-electron chi connectivity index (χ3n) is 3.54. The number of carbonyl (C=O) groups excluding carboxylic acids is 1. The number of amides is 1. The molecular weight excluding hydrogens is 421 g/mol. The second-order valence-corrected chi connectivity index (χ2v) is 6.62. The van der Waals surface area contributed by atoms with E-state index in [1.807, 2.05) is 55.5 Å². The fraction of sp³-hybridized carbons (Fsp3) is 0.222. The van der Waals surface area contributed by atoms with Crippen LogP contribution in [0.15, 0.2) is 48.5 Å². The van der Waals surface area contributed by atoms with E-state index in [-0.39, 0.29) is 13.0 Å². The van der Waals surface area contributed by atoms with Crippen molar-refractivity contribution in [3.8, 4) is 0 Å². The van der Waals surface area contributed by atoms with E-state index in [2.05, 4.69) is 27.9 Å². The maximum atomic E-state index is 11.9. The van der Waals surface area contributed by atoms with E-state index in [4.69, 9.17) is 4.74 Å². The molecule has 126 valence electrons. The Morgan fingerprint density at radius 3 is 2.58 bits per heavy atom. The molecule has 0 aliphatic carbocycles. The van der Waals surface area contributed by atoms with Crippen LogP contribution < -0.4 is 5.32 Å². The Balaban J connectivity index is 1.96. The van der Waals surface area contributed by atoms with Crippen LogP contribution in [0.2, 0.25) is 0 Å². The van der Waals surface area contributed by atoms with Crippen LogP contribution in [0.4, 0.5) is 4.79 Å². The lowest BCUT2D eigenvalue weighted by molar-refractivity contribution is -0.139. The summed E-state index contributed by atoms with van der Waals surface area (Å²) in [5.41, 5.74) is 2.71. The Labute approximate surface area is 154 Å². The number of hydrogen-bond donors (Lipinski definition) is 2. The average molecular weight is 439 g/mol. The standard InChI is InChI=1S/C18H18INO4/c1-12-7-8-15(19)9-14(12)10-16(17(21)22)20-18(23)24-11-13-5-3-2-4-6-13/h2-9,16H,10-11H2,1H3,(H,20,23)(H,21,22). The summed E-state index contributed by atoms with van der Waals surface area (Å²) >= 11 is 2.17. The highest BCUT2D eigenvalue weighted by Crippen LogP contribution is 2.15. The lowest BCUT2D eigenvalue weighted by Crippen LogP contribution is -2.42. The van der Waals surface area contributed by atoms with Crippen LogP contribution in [0.25, 0.3) is 0 Å². The number of carbonyl (C=O) groups is 2. The molecule has 2 N–H and O–H groups in total. The lowest BCUT2D eigenvalue weighted by Gasteiger charge is -2.16. The molecular formula is C18H18INO4. The number of rotatable bonds is 6. The largest absolute Gasteiger partial charge is 0.480 e. The van der Waals surface area contributed by atoms with E-state index in [0.29, 0.717) is 0 Å². The normalized spacial score (nSPS) is 11.6. The van der Waals surface area contributed by atoms with Gasteiger partial charge in [0.2, 0.25) is 0 Å². The number of carboxylic acids is 1. The number of benzene rings is 2. The smallest absolute Gasteiger partial charge is 0.408 e. The van der Waals surface area contributed by atoms with Gasteiger partial charge in [0.15, 0.2) is 0 Å². The summed E-state index contributed by atoms with van der Waals surface area (Å²) in [6.07, 6.45) is -0.534. The van der Waals surface area contributed by atoms with E-state index in [9.17, 15) is 14.7 Å². The van der Waals surface area contributed by atoms with Gasteiger partial charge < -0.3 is 15.2 Å². The fourth-order valence-electron chi connectivity index (χ4n) is 2.19. The number of halogens is 1. The van der Waals surface area contributed by atoms with Crippen molar-refractivity contribution in [2.45, 2.75) is 26.0 Å². The summed E-state index contributed by atoms with van der Waals surface area (Å²) < 4.78 is 6.10. The van der Waals surface area contributed by atoms with Crippen LogP contribution in [-0.4, -0.2) is 23.2 Å². The van der Waals surface area contributed by atoms with Gasteiger partial charge in [-0.1, -0.05) is 36.4 Å². The van der Waals surface area contributed by atoms with Crippen LogP contribution in [0.1, 0.15) is 16.7 Å². The van der Waals surface area contributed by atoms with Crippen LogP contribution in [0.5, 0.6) is 0 Å². The summed E-state index contributed by atoms with van der Waals surface area (Å²) in [5, 5.41) is 11.8. The zero-order valence-electron chi connectivity index (χ0n) is 13.2. The molecule has 1 amide bonds. The molecule has 2 aromatic rings. The number of hydrogen-bond acceptors (Lipinski definition) is 3.